The number of benzene rings is 2. The summed E-state index contributed by atoms with van der Waals surface area (Å²) in [7, 11) is 0. The van der Waals surface area contributed by atoms with Gasteiger partial charge in [-0.3, -0.25) is 9.59 Å². The summed E-state index contributed by atoms with van der Waals surface area (Å²) < 4.78 is 0. The lowest BCUT2D eigenvalue weighted by Gasteiger charge is -2.05. The number of carboxylic acid groups (broad SMARTS) is 1. The molecule has 17 heavy (non-hydrogen) atoms. The van der Waals surface area contributed by atoms with Crippen molar-refractivity contribution in [1.82, 2.24) is 0 Å². The Balaban J connectivity index is 2.63. The Kier molecular flexibility index (Phi) is 2.91. The molecule has 0 amide bonds. The summed E-state index contributed by atoms with van der Waals surface area (Å²) in [6.07, 6.45) is -0.0291. The van der Waals surface area contributed by atoms with Crippen LogP contribution in [0.25, 0.3) is 10.8 Å². The molecule has 0 atom stereocenters. The van der Waals surface area contributed by atoms with Gasteiger partial charge in [0, 0.05) is 5.56 Å². The third-order valence-electron chi connectivity index (χ3n) is 2.72. The molecule has 0 aliphatic rings. The van der Waals surface area contributed by atoms with E-state index in [-0.39, 0.29) is 12.2 Å². The van der Waals surface area contributed by atoms with Crippen LogP contribution >= 0.6 is 0 Å². The maximum atomic E-state index is 11.3. The molecule has 0 aliphatic heterocycles. The molecule has 3 nitrogen and oxygen atoms in total. The van der Waals surface area contributed by atoms with E-state index in [1.54, 1.807) is 18.2 Å². The highest BCUT2D eigenvalue weighted by molar-refractivity contribution is 5.99. The van der Waals surface area contributed by atoms with Crippen LogP contribution in [0.5, 0.6) is 0 Å². The zero-order chi connectivity index (χ0) is 12.4. The fourth-order valence-corrected chi connectivity index (χ4v) is 1.87. The van der Waals surface area contributed by atoms with Crippen molar-refractivity contribution >= 4 is 22.5 Å². The largest absolute Gasteiger partial charge is 0.481 e. The van der Waals surface area contributed by atoms with Gasteiger partial charge in [-0.15, -0.1) is 0 Å². The molecular weight excluding hydrogens is 216 g/mol. The van der Waals surface area contributed by atoms with Crippen LogP contribution in [0.1, 0.15) is 22.8 Å². The zero-order valence-corrected chi connectivity index (χ0v) is 9.43. The second-order valence-corrected chi connectivity index (χ2v) is 3.98. The third kappa shape index (κ3) is 2.33. The SMILES string of the molecule is CC(=O)c1ccc2cccc(CC(=O)O)c2c1. The summed E-state index contributed by atoms with van der Waals surface area (Å²) in [5.41, 5.74) is 1.34. The van der Waals surface area contributed by atoms with Gasteiger partial charge in [-0.25, -0.2) is 0 Å². The fourth-order valence-electron chi connectivity index (χ4n) is 1.87. The molecule has 0 bridgehead atoms. The molecule has 1 N–H and O–H groups in total. The molecule has 0 unspecified atom stereocenters. The first-order valence-corrected chi connectivity index (χ1v) is 5.32. The lowest BCUT2D eigenvalue weighted by Crippen LogP contribution is -2.01. The number of aliphatic carboxylic acids is 1. The fraction of sp³-hybridized carbons (Fsp3) is 0.143. The maximum absolute atomic E-state index is 11.3. The Bertz CT molecular complexity index is 599. The van der Waals surface area contributed by atoms with Gasteiger partial charge in [-0.2, -0.15) is 0 Å². The monoisotopic (exact) mass is 228 g/mol. The van der Waals surface area contributed by atoms with E-state index in [9.17, 15) is 9.59 Å². The smallest absolute Gasteiger partial charge is 0.307 e. The molecule has 0 saturated carbocycles. The minimum Gasteiger partial charge on any atom is -0.481 e. The second kappa shape index (κ2) is 4.37. The van der Waals surface area contributed by atoms with Crippen LogP contribution in [0.2, 0.25) is 0 Å². The second-order valence-electron chi connectivity index (χ2n) is 3.98. The predicted octanol–water partition coefficient (Wildman–Crippen LogP) is 2.67. The molecule has 0 heterocycles. The molecule has 0 saturated heterocycles. The number of carbonyl (C=O) groups excluding carboxylic acids is 1. The van der Waals surface area contributed by atoms with Gasteiger partial charge < -0.3 is 5.11 Å². The highest BCUT2D eigenvalue weighted by atomic mass is 16.4. The highest BCUT2D eigenvalue weighted by Crippen LogP contribution is 2.21. The zero-order valence-electron chi connectivity index (χ0n) is 9.43. The van der Waals surface area contributed by atoms with Crippen molar-refractivity contribution in [3.8, 4) is 0 Å². The number of hydrogen-bond acceptors (Lipinski definition) is 2. The third-order valence-corrected chi connectivity index (χ3v) is 2.72. The molecule has 2 aromatic rings. The first kappa shape index (κ1) is 11.3. The van der Waals surface area contributed by atoms with Crippen LogP contribution in [-0.4, -0.2) is 16.9 Å². The Hall–Kier alpha value is -2.16. The standard InChI is InChI=1S/C14H12O3/c1-9(15)11-6-5-10-3-2-4-12(8-14(16)17)13(10)7-11/h2-7H,8H2,1H3,(H,16,17). The van der Waals surface area contributed by atoms with E-state index in [0.29, 0.717) is 5.56 Å². The van der Waals surface area contributed by atoms with Gasteiger partial charge >= 0.3 is 5.97 Å². The summed E-state index contributed by atoms with van der Waals surface area (Å²) in [6.45, 7) is 1.50. The lowest BCUT2D eigenvalue weighted by atomic mass is 9.99. The van der Waals surface area contributed by atoms with Crippen molar-refractivity contribution in [2.24, 2.45) is 0 Å². The Morgan fingerprint density at radius 2 is 1.94 bits per heavy atom. The minimum atomic E-state index is -0.870. The highest BCUT2D eigenvalue weighted by Gasteiger charge is 2.07. The number of carboxylic acids is 1. The van der Waals surface area contributed by atoms with Crippen molar-refractivity contribution in [2.75, 3.05) is 0 Å². The van der Waals surface area contributed by atoms with Gasteiger partial charge in [-0.1, -0.05) is 30.3 Å². The van der Waals surface area contributed by atoms with E-state index in [0.717, 1.165) is 16.3 Å². The van der Waals surface area contributed by atoms with Crippen LogP contribution in [0.4, 0.5) is 0 Å². The average molecular weight is 228 g/mol. The van der Waals surface area contributed by atoms with Gasteiger partial charge in [0.05, 0.1) is 6.42 Å². The predicted molar refractivity (Wildman–Crippen MR) is 65.3 cm³/mol. The quantitative estimate of drug-likeness (QED) is 0.822. The van der Waals surface area contributed by atoms with Crippen LogP contribution in [-0.2, 0) is 11.2 Å². The number of carbonyl (C=O) groups is 2. The Labute approximate surface area is 98.7 Å². The van der Waals surface area contributed by atoms with Crippen molar-refractivity contribution in [3.05, 3.63) is 47.5 Å². The van der Waals surface area contributed by atoms with Crippen LogP contribution < -0.4 is 0 Å². The van der Waals surface area contributed by atoms with Gasteiger partial charge in [0.15, 0.2) is 5.78 Å². The molecule has 0 aromatic heterocycles. The average Bonchev–Trinajstić information content (AvgIpc) is 2.28. The summed E-state index contributed by atoms with van der Waals surface area (Å²) in [5, 5.41) is 10.6. The van der Waals surface area contributed by atoms with E-state index in [2.05, 4.69) is 0 Å². The van der Waals surface area contributed by atoms with Crippen molar-refractivity contribution in [3.63, 3.8) is 0 Å². The Morgan fingerprint density at radius 3 is 2.59 bits per heavy atom. The Morgan fingerprint density at radius 1 is 1.18 bits per heavy atom. The summed E-state index contributed by atoms with van der Waals surface area (Å²) >= 11 is 0. The summed E-state index contributed by atoms with van der Waals surface area (Å²) in [5.74, 6) is -0.886. The normalized spacial score (nSPS) is 10.4. The van der Waals surface area contributed by atoms with E-state index >= 15 is 0 Å². The number of Topliss-reactive ketones (excluding diaryl/α,β-unsaturated/α-hetero) is 1. The van der Waals surface area contributed by atoms with E-state index in [4.69, 9.17) is 5.11 Å². The number of ketones is 1. The molecule has 2 rings (SSSR count). The molecule has 0 radical (unpaired) electrons. The van der Waals surface area contributed by atoms with E-state index in [1.165, 1.54) is 6.92 Å². The van der Waals surface area contributed by atoms with Gasteiger partial charge in [0.2, 0.25) is 0 Å². The van der Waals surface area contributed by atoms with E-state index < -0.39 is 5.97 Å². The minimum absolute atomic E-state index is 0.0166. The van der Waals surface area contributed by atoms with Gasteiger partial charge in [0.25, 0.3) is 0 Å². The van der Waals surface area contributed by atoms with Gasteiger partial charge in [0.1, 0.15) is 0 Å². The van der Waals surface area contributed by atoms with Crippen LogP contribution in [0.3, 0.4) is 0 Å². The first-order valence-electron chi connectivity index (χ1n) is 5.32. The van der Waals surface area contributed by atoms with Crippen molar-refractivity contribution < 1.29 is 14.7 Å². The topological polar surface area (TPSA) is 54.4 Å². The van der Waals surface area contributed by atoms with Crippen molar-refractivity contribution in [2.45, 2.75) is 13.3 Å². The number of fused-ring (bicyclic) bond motifs is 1. The number of hydrogen-bond donors (Lipinski definition) is 1. The van der Waals surface area contributed by atoms with E-state index in [1.807, 2.05) is 18.2 Å². The summed E-state index contributed by atoms with van der Waals surface area (Å²) in [6, 6.07) is 10.9. The molecule has 86 valence electrons. The lowest BCUT2D eigenvalue weighted by molar-refractivity contribution is -0.136. The molecule has 0 aliphatic carbocycles. The van der Waals surface area contributed by atoms with Gasteiger partial charge in [-0.05, 0) is 29.3 Å². The molecular formula is C14H12O3. The number of rotatable bonds is 3. The molecule has 3 heteroatoms. The molecule has 0 fully saturated rings. The summed E-state index contributed by atoms with van der Waals surface area (Å²) in [4.78, 5) is 22.1. The van der Waals surface area contributed by atoms with Crippen molar-refractivity contribution in [1.29, 1.82) is 0 Å². The maximum Gasteiger partial charge on any atom is 0.307 e. The first-order chi connectivity index (χ1) is 8.08. The molecule has 2 aromatic carbocycles. The van der Waals surface area contributed by atoms with Crippen LogP contribution in [0, 0.1) is 0 Å². The molecule has 0 spiro atoms. The van der Waals surface area contributed by atoms with Crippen LogP contribution in [0.15, 0.2) is 36.4 Å².